The number of ketones is 1. The Morgan fingerprint density at radius 3 is 2.06 bits per heavy atom. The minimum absolute atomic E-state index is 0. The number of benzene rings is 3. The van der Waals surface area contributed by atoms with E-state index in [0.29, 0.717) is 12.1 Å². The van der Waals surface area contributed by atoms with Gasteiger partial charge in [0.25, 0.3) is 15.8 Å². The van der Waals surface area contributed by atoms with Crippen molar-refractivity contribution in [2.45, 2.75) is 4.90 Å². The molecule has 20 nitrogen and oxygen atoms in total. The number of nitro benzene ring substituents is 1. The molecule has 0 spiro atoms. The summed E-state index contributed by atoms with van der Waals surface area (Å²) in [4.78, 5) is 32.7. The SMILES string of the molecule is Nc1c(N=Nc2ccc([N+](=O)[O-])cc2)c(S(=O)(=O)O)cc2c1C(=O)C(=NN=C1C=CC(=NNc3ccc([O-])c(C(=O)[O-])c3)C=C1)C(S(=O)(=O)[O-])=C2.[Na+].[Na+].[Na+]. The Hall–Kier alpha value is -3.75. The molecule has 2 aliphatic rings. The minimum Gasteiger partial charge on any atom is -0.872 e. The average Bonchev–Trinajstić information content (AvgIpc) is 3.06. The third kappa shape index (κ3) is 10.7. The van der Waals surface area contributed by atoms with Gasteiger partial charge in [0.15, 0.2) is 5.71 Å². The number of hydrazone groups is 1. The van der Waals surface area contributed by atoms with Gasteiger partial charge in [-0.3, -0.25) is 24.9 Å². The number of aromatic carboxylic acids is 1. The van der Waals surface area contributed by atoms with Crippen LogP contribution >= 0.6 is 0 Å². The average molecular weight is 803 g/mol. The quantitative estimate of drug-likeness (QED) is 0.0344. The van der Waals surface area contributed by atoms with Crippen LogP contribution in [0.5, 0.6) is 5.75 Å². The molecule has 54 heavy (non-hydrogen) atoms. The first-order valence-corrected chi connectivity index (χ1v) is 16.5. The second-order valence-corrected chi connectivity index (χ2v) is 12.9. The number of Topliss-reactive ketones (excluding diaryl/α,β-unsaturated/α-hetero) is 1. The summed E-state index contributed by atoms with van der Waals surface area (Å²) in [5.41, 5.74) is 4.68. The summed E-state index contributed by atoms with van der Waals surface area (Å²) >= 11 is 0. The molecule has 2 aliphatic carbocycles. The van der Waals surface area contributed by atoms with Crippen LogP contribution in [0.1, 0.15) is 26.3 Å². The van der Waals surface area contributed by atoms with Crippen LogP contribution in [0.4, 0.5) is 28.4 Å². The van der Waals surface area contributed by atoms with E-state index >= 15 is 0 Å². The van der Waals surface area contributed by atoms with E-state index in [1.54, 1.807) is 0 Å². The Balaban J connectivity index is 0.00000336. The number of carboxylic acid groups (broad SMARTS) is 1. The fraction of sp³-hybridized carbons (Fsp3) is 0. The Morgan fingerprint density at radius 2 is 1.50 bits per heavy atom. The van der Waals surface area contributed by atoms with E-state index in [4.69, 9.17) is 5.73 Å². The van der Waals surface area contributed by atoms with Crippen LogP contribution in [0.15, 0.2) is 108 Å². The van der Waals surface area contributed by atoms with Gasteiger partial charge >= 0.3 is 88.7 Å². The largest absolute Gasteiger partial charge is 1.00 e. The number of nitrogens with two attached hydrogens (primary N) is 1. The number of nitro groups is 1. The molecule has 3 aromatic rings. The van der Waals surface area contributed by atoms with Gasteiger partial charge in [-0.2, -0.15) is 23.7 Å². The van der Waals surface area contributed by atoms with Gasteiger partial charge in [-0.1, -0.05) is 11.8 Å². The van der Waals surface area contributed by atoms with Gasteiger partial charge in [0.05, 0.1) is 49.8 Å². The number of rotatable bonds is 9. The maximum atomic E-state index is 13.6. The van der Waals surface area contributed by atoms with Gasteiger partial charge in [-0.05, 0) is 71.8 Å². The molecule has 25 heteroatoms. The fourth-order valence-corrected chi connectivity index (χ4v) is 5.73. The van der Waals surface area contributed by atoms with Crippen LogP contribution in [0.25, 0.3) is 6.08 Å². The Kier molecular flexibility index (Phi) is 16.1. The number of hydrogen-bond donors (Lipinski definition) is 3. The summed E-state index contributed by atoms with van der Waals surface area (Å²) in [6, 6.07) is 8.43. The number of nitrogen functional groups attached to an aromatic ring is 1. The normalized spacial score (nSPS) is 14.3. The van der Waals surface area contributed by atoms with E-state index in [-0.39, 0.29) is 117 Å². The number of nitrogens with zero attached hydrogens (tertiary/aromatic N) is 6. The number of allylic oxidation sites excluding steroid dienone is 5. The van der Waals surface area contributed by atoms with E-state index in [2.05, 4.69) is 31.0 Å². The van der Waals surface area contributed by atoms with E-state index in [1.165, 1.54) is 30.4 Å². The van der Waals surface area contributed by atoms with Gasteiger partial charge in [0.2, 0.25) is 5.78 Å². The Bertz CT molecular complexity index is 2480. The molecule has 3 aromatic carbocycles. The molecule has 260 valence electrons. The van der Waals surface area contributed by atoms with Crippen LogP contribution in [0, 0.1) is 10.1 Å². The topological polar surface area (TPSA) is 335 Å². The molecule has 0 atom stereocenters. The predicted molar refractivity (Wildman–Crippen MR) is 174 cm³/mol. The molecule has 0 radical (unpaired) electrons. The molecule has 0 amide bonds. The third-order valence-corrected chi connectivity index (χ3v) is 8.51. The summed E-state index contributed by atoms with van der Waals surface area (Å²) < 4.78 is 70.9. The monoisotopic (exact) mass is 802 g/mol. The number of fused-ring (bicyclic) bond motifs is 1. The Labute approximate surface area is 371 Å². The number of azo groups is 1. The van der Waals surface area contributed by atoms with Crippen LogP contribution < -0.4 is 110 Å². The maximum absolute atomic E-state index is 13.6. The van der Waals surface area contributed by atoms with E-state index < -0.39 is 86.2 Å². The number of carboxylic acids is 1. The smallest absolute Gasteiger partial charge is 0.872 e. The van der Waals surface area contributed by atoms with E-state index in [9.17, 15) is 55.9 Å². The van der Waals surface area contributed by atoms with Crippen molar-refractivity contribution in [3.05, 3.63) is 105 Å². The molecular weight excluding hydrogens is 785 g/mol. The second kappa shape index (κ2) is 18.7. The van der Waals surface area contributed by atoms with Crippen molar-refractivity contribution in [1.82, 2.24) is 0 Å². The number of nitrogens with one attached hydrogen (secondary N) is 1. The zero-order valence-electron chi connectivity index (χ0n) is 28.0. The van der Waals surface area contributed by atoms with Gasteiger partial charge in [-0.25, -0.2) is 8.42 Å². The van der Waals surface area contributed by atoms with E-state index in [1.807, 2.05) is 0 Å². The maximum Gasteiger partial charge on any atom is 1.00 e. The standard InChI is InChI=1S/C29H20N8O12S2.3Na/c30-25-24-14(11-22(50(44,45)46)26(25)35-32-17-5-8-19(9-6-17)37(42)43)12-23(51(47,48)49)27(28(24)39)36-33-16-3-1-15(2-4-16)31-34-18-7-10-21(38)20(13-18)29(40)41;;;/h1-13,34,38H,30H2,(H,40,41)(H,44,45,46)(H,47,48,49);;;/q;3*+1/p-3. The first kappa shape index (κ1) is 46.4. The molecule has 0 bridgehead atoms. The van der Waals surface area contributed by atoms with Gasteiger partial charge < -0.3 is 25.3 Å². The van der Waals surface area contributed by atoms with Crippen molar-refractivity contribution in [2.75, 3.05) is 11.2 Å². The second-order valence-electron chi connectivity index (χ2n) is 10.1. The number of carbonyl (C=O) groups is 2. The third-order valence-electron chi connectivity index (χ3n) is 6.80. The van der Waals surface area contributed by atoms with Crippen molar-refractivity contribution >= 4 is 83.6 Å². The molecule has 0 saturated heterocycles. The molecule has 0 heterocycles. The molecule has 0 fully saturated rings. The molecule has 0 saturated carbocycles. The van der Waals surface area contributed by atoms with Gasteiger partial charge in [0.1, 0.15) is 20.7 Å². The van der Waals surface area contributed by atoms with E-state index in [0.717, 1.165) is 36.4 Å². The van der Waals surface area contributed by atoms with Crippen molar-refractivity contribution in [3.63, 3.8) is 0 Å². The zero-order chi connectivity index (χ0) is 37.2. The predicted octanol–water partition coefficient (Wildman–Crippen LogP) is -7.24. The van der Waals surface area contributed by atoms with Crippen LogP contribution in [-0.4, -0.2) is 59.8 Å². The molecule has 0 unspecified atom stereocenters. The van der Waals surface area contributed by atoms with Crippen LogP contribution in [0.2, 0.25) is 0 Å². The fourth-order valence-electron chi connectivity index (χ4n) is 4.42. The summed E-state index contributed by atoms with van der Waals surface area (Å²) in [5.74, 6) is -3.71. The zero-order valence-corrected chi connectivity index (χ0v) is 35.7. The van der Waals surface area contributed by atoms with Crippen molar-refractivity contribution in [1.29, 1.82) is 0 Å². The molecular formula is C29H17N8Na3O12S2. The van der Waals surface area contributed by atoms with Crippen LogP contribution in [0.3, 0.4) is 0 Å². The summed E-state index contributed by atoms with van der Waals surface area (Å²) in [7, 11) is -10.6. The summed E-state index contributed by atoms with van der Waals surface area (Å²) in [6.45, 7) is 0. The molecule has 0 aromatic heterocycles. The van der Waals surface area contributed by atoms with Crippen molar-refractivity contribution in [2.24, 2.45) is 25.5 Å². The molecule has 5 rings (SSSR count). The number of anilines is 2. The van der Waals surface area contributed by atoms with Crippen molar-refractivity contribution < 1.29 is 139 Å². The first-order chi connectivity index (χ1) is 23.9. The minimum atomic E-state index is -5.46. The number of hydrogen-bond acceptors (Lipinski definition) is 18. The molecule has 4 N–H and O–H groups in total. The first-order valence-electron chi connectivity index (χ1n) is 13.6. The van der Waals surface area contributed by atoms with Gasteiger partial charge in [-0.15, -0.1) is 10.2 Å². The number of carbonyl (C=O) groups excluding carboxylic acids is 2. The van der Waals surface area contributed by atoms with Crippen molar-refractivity contribution in [3.8, 4) is 5.75 Å². The molecule has 0 aliphatic heterocycles. The number of non-ortho nitro benzene ring substituents is 1. The van der Waals surface area contributed by atoms with Crippen LogP contribution in [-0.2, 0) is 20.2 Å². The van der Waals surface area contributed by atoms with Gasteiger partial charge in [0, 0.05) is 12.1 Å². The summed E-state index contributed by atoms with van der Waals surface area (Å²) in [6.07, 6.45) is 6.01. The summed E-state index contributed by atoms with van der Waals surface area (Å²) in [5, 5.41) is 52.6. The Morgan fingerprint density at radius 1 is 0.889 bits per heavy atom.